The first-order chi connectivity index (χ1) is 6.72. The Labute approximate surface area is 88.6 Å². The van der Waals surface area contributed by atoms with Gasteiger partial charge in [0.2, 0.25) is 0 Å². The summed E-state index contributed by atoms with van der Waals surface area (Å²) in [5.41, 5.74) is 0.944. The van der Waals surface area contributed by atoms with Gasteiger partial charge >= 0.3 is 0 Å². The molecule has 0 N–H and O–H groups in total. The predicted octanol–water partition coefficient (Wildman–Crippen LogP) is 2.63. The van der Waals surface area contributed by atoms with Crippen molar-refractivity contribution in [1.82, 2.24) is 0 Å². The summed E-state index contributed by atoms with van der Waals surface area (Å²) < 4.78 is 11.0. The Kier molecular flexibility index (Phi) is 2.56. The van der Waals surface area contributed by atoms with Gasteiger partial charge in [-0.25, -0.2) is 0 Å². The van der Waals surface area contributed by atoms with Gasteiger partial charge < -0.3 is 9.47 Å². The van der Waals surface area contributed by atoms with Crippen molar-refractivity contribution < 1.29 is 9.47 Å². The van der Waals surface area contributed by atoms with Crippen LogP contribution in [0, 0.1) is 0 Å². The molecule has 1 aromatic rings. The Morgan fingerprint density at radius 3 is 2.64 bits per heavy atom. The molecule has 14 heavy (non-hydrogen) atoms. The second-order valence-electron chi connectivity index (χ2n) is 3.49. The zero-order chi connectivity index (χ0) is 10.2. The molecule has 0 amide bonds. The first-order valence-electron chi connectivity index (χ1n) is 4.56. The smallest absolute Gasteiger partial charge is 0.140 e. The fourth-order valence-corrected chi connectivity index (χ4v) is 3.14. The molecule has 0 saturated carbocycles. The highest BCUT2D eigenvalue weighted by molar-refractivity contribution is 8.00. The van der Waals surface area contributed by atoms with Crippen molar-refractivity contribution in [1.29, 1.82) is 0 Å². The number of methoxy groups -OCH3 is 2. The highest BCUT2D eigenvalue weighted by atomic mass is 32.2. The molecule has 2 rings (SSSR count). The van der Waals surface area contributed by atoms with Gasteiger partial charge in [-0.15, -0.1) is 0 Å². The van der Waals surface area contributed by atoms with E-state index in [1.165, 1.54) is 10.5 Å². The molecule has 1 aromatic carbocycles. The van der Waals surface area contributed by atoms with Gasteiger partial charge in [0.05, 0.1) is 0 Å². The van der Waals surface area contributed by atoms with Crippen LogP contribution in [0.2, 0.25) is 0 Å². The fourth-order valence-electron chi connectivity index (χ4n) is 1.81. The molecule has 2 atom stereocenters. The van der Waals surface area contributed by atoms with Crippen LogP contribution in [0.4, 0.5) is 0 Å². The number of benzene rings is 1. The third-order valence-electron chi connectivity index (χ3n) is 2.74. The largest absolute Gasteiger partial charge is 0.370 e. The Morgan fingerprint density at radius 1 is 1.29 bits per heavy atom. The second kappa shape index (κ2) is 3.57. The molecule has 0 bridgehead atoms. The molecule has 76 valence electrons. The van der Waals surface area contributed by atoms with Crippen molar-refractivity contribution in [3.63, 3.8) is 0 Å². The number of rotatable bonds is 2. The van der Waals surface area contributed by atoms with E-state index in [9.17, 15) is 0 Å². The molecular formula is C11H14O2S. The number of thioether (sulfide) groups is 1. The van der Waals surface area contributed by atoms with Crippen LogP contribution in [-0.2, 0) is 15.1 Å². The Bertz CT molecular complexity index is 340. The van der Waals surface area contributed by atoms with Crippen molar-refractivity contribution in [2.75, 3.05) is 14.2 Å². The molecule has 0 saturated heterocycles. The van der Waals surface area contributed by atoms with E-state index in [1.54, 1.807) is 26.0 Å². The highest BCUT2D eigenvalue weighted by Gasteiger charge is 2.44. The molecular weight excluding hydrogens is 196 g/mol. The molecule has 3 heteroatoms. The summed E-state index contributed by atoms with van der Waals surface area (Å²) in [6, 6.07) is 8.29. The van der Waals surface area contributed by atoms with E-state index in [0.29, 0.717) is 0 Å². The van der Waals surface area contributed by atoms with Gasteiger partial charge in [0.1, 0.15) is 11.0 Å². The van der Waals surface area contributed by atoms with E-state index in [4.69, 9.17) is 9.47 Å². The molecule has 0 aromatic heterocycles. The lowest BCUT2D eigenvalue weighted by atomic mass is 9.97. The van der Waals surface area contributed by atoms with E-state index < -0.39 is 0 Å². The van der Waals surface area contributed by atoms with Crippen molar-refractivity contribution in [2.45, 2.75) is 22.9 Å². The quantitative estimate of drug-likeness (QED) is 0.747. The molecule has 1 aliphatic rings. The van der Waals surface area contributed by atoms with E-state index in [0.717, 1.165) is 0 Å². The third kappa shape index (κ3) is 1.28. The van der Waals surface area contributed by atoms with Gasteiger partial charge in [-0.05, 0) is 13.0 Å². The van der Waals surface area contributed by atoms with Gasteiger partial charge in [-0.3, -0.25) is 0 Å². The summed E-state index contributed by atoms with van der Waals surface area (Å²) in [5, 5.41) is 0. The molecule has 0 fully saturated rings. The van der Waals surface area contributed by atoms with Crippen LogP contribution in [0.3, 0.4) is 0 Å². The van der Waals surface area contributed by atoms with Crippen LogP contribution in [0.25, 0.3) is 0 Å². The molecule has 2 unspecified atom stereocenters. The van der Waals surface area contributed by atoms with Crippen LogP contribution in [0.5, 0.6) is 0 Å². The molecule has 0 aliphatic carbocycles. The van der Waals surface area contributed by atoms with Crippen LogP contribution in [0.1, 0.15) is 12.5 Å². The van der Waals surface area contributed by atoms with Crippen LogP contribution >= 0.6 is 11.8 Å². The summed E-state index contributed by atoms with van der Waals surface area (Å²) in [4.78, 5) is 1.25. The highest BCUT2D eigenvalue weighted by Crippen LogP contribution is 2.49. The summed E-state index contributed by atoms with van der Waals surface area (Å²) in [6.07, 6.45) is 0. The number of fused-ring (bicyclic) bond motifs is 1. The molecule has 2 nitrogen and oxygen atoms in total. The summed E-state index contributed by atoms with van der Waals surface area (Å²) in [6.45, 7) is 2.07. The van der Waals surface area contributed by atoms with Gasteiger partial charge in [0, 0.05) is 24.7 Å². The molecule has 1 aliphatic heterocycles. The average molecular weight is 210 g/mol. The lowest BCUT2D eigenvalue weighted by molar-refractivity contribution is -0.0695. The average Bonchev–Trinajstić information content (AvgIpc) is 2.53. The summed E-state index contributed by atoms with van der Waals surface area (Å²) in [5.74, 6) is 0. The zero-order valence-electron chi connectivity index (χ0n) is 8.61. The van der Waals surface area contributed by atoms with Crippen LogP contribution in [0.15, 0.2) is 29.2 Å². The molecule has 0 spiro atoms. The van der Waals surface area contributed by atoms with Crippen molar-refractivity contribution >= 4 is 11.8 Å². The fraction of sp³-hybridized carbons (Fsp3) is 0.455. The SMILES string of the molecule is COC1Sc2ccccc2C1(C)OC. The minimum absolute atomic E-state index is 0.0462. The summed E-state index contributed by atoms with van der Waals surface area (Å²) in [7, 11) is 3.45. The maximum absolute atomic E-state index is 5.58. The normalized spacial score (nSPS) is 30.4. The van der Waals surface area contributed by atoms with E-state index in [2.05, 4.69) is 19.1 Å². The van der Waals surface area contributed by atoms with Crippen molar-refractivity contribution in [2.24, 2.45) is 0 Å². The number of hydrogen-bond donors (Lipinski definition) is 0. The minimum atomic E-state index is -0.323. The molecule has 0 radical (unpaired) electrons. The Morgan fingerprint density at radius 2 is 2.00 bits per heavy atom. The maximum atomic E-state index is 5.58. The van der Waals surface area contributed by atoms with Crippen molar-refractivity contribution in [3.8, 4) is 0 Å². The van der Waals surface area contributed by atoms with Crippen LogP contribution < -0.4 is 0 Å². The van der Waals surface area contributed by atoms with Gasteiger partial charge in [0.25, 0.3) is 0 Å². The zero-order valence-corrected chi connectivity index (χ0v) is 9.43. The minimum Gasteiger partial charge on any atom is -0.370 e. The van der Waals surface area contributed by atoms with Gasteiger partial charge in [0.15, 0.2) is 0 Å². The van der Waals surface area contributed by atoms with Crippen molar-refractivity contribution in [3.05, 3.63) is 29.8 Å². The van der Waals surface area contributed by atoms with E-state index in [-0.39, 0.29) is 11.0 Å². The standard InChI is InChI=1S/C11H14O2S/c1-11(13-3)8-6-4-5-7-9(8)14-10(11)12-2/h4-7,10H,1-3H3. The van der Waals surface area contributed by atoms with Gasteiger partial charge in [-0.2, -0.15) is 0 Å². The first kappa shape index (κ1) is 10.0. The topological polar surface area (TPSA) is 18.5 Å². The monoisotopic (exact) mass is 210 g/mol. The Balaban J connectivity index is 2.47. The predicted molar refractivity (Wildman–Crippen MR) is 57.5 cm³/mol. The number of ether oxygens (including phenoxy) is 2. The summed E-state index contributed by atoms with van der Waals surface area (Å²) >= 11 is 1.72. The Hall–Kier alpha value is -0.510. The number of hydrogen-bond acceptors (Lipinski definition) is 3. The maximum Gasteiger partial charge on any atom is 0.140 e. The first-order valence-corrected chi connectivity index (χ1v) is 5.44. The van der Waals surface area contributed by atoms with Gasteiger partial charge in [-0.1, -0.05) is 30.0 Å². The second-order valence-corrected chi connectivity index (χ2v) is 4.60. The van der Waals surface area contributed by atoms with E-state index >= 15 is 0 Å². The molecule has 1 heterocycles. The lowest BCUT2D eigenvalue weighted by Crippen LogP contribution is -2.33. The van der Waals surface area contributed by atoms with E-state index in [1.807, 2.05) is 12.1 Å². The third-order valence-corrected chi connectivity index (χ3v) is 4.21. The van der Waals surface area contributed by atoms with Crippen LogP contribution in [-0.4, -0.2) is 19.7 Å². The lowest BCUT2D eigenvalue weighted by Gasteiger charge is -2.28.